The summed E-state index contributed by atoms with van der Waals surface area (Å²) in [5, 5.41) is 0. The molecule has 0 aliphatic carbocycles. The maximum atomic E-state index is 13.1. The third-order valence-corrected chi connectivity index (χ3v) is 5.47. The fraction of sp³-hybridized carbons (Fsp3) is 0.409. The van der Waals surface area contributed by atoms with E-state index in [2.05, 4.69) is 21.9 Å². The van der Waals surface area contributed by atoms with Crippen LogP contribution in [0.5, 0.6) is 0 Å². The zero-order valence-electron chi connectivity index (χ0n) is 16.0. The van der Waals surface area contributed by atoms with Gasteiger partial charge >= 0.3 is 0 Å². The lowest BCUT2D eigenvalue weighted by Crippen LogP contribution is -2.48. The molecule has 0 radical (unpaired) electrons. The number of carbonyl (C=O) groups is 1. The van der Waals surface area contributed by atoms with Crippen LogP contribution in [-0.4, -0.2) is 68.2 Å². The van der Waals surface area contributed by atoms with Gasteiger partial charge in [-0.1, -0.05) is 12.1 Å². The van der Waals surface area contributed by atoms with Crippen molar-refractivity contribution in [1.29, 1.82) is 0 Å². The SMILES string of the molecule is O=C(c1ccc(CN2CCOCC2)cc1)N1CCN(c2ccc(F)cc2)CC1. The molecule has 2 aromatic rings. The predicted octanol–water partition coefficient (Wildman–Crippen LogP) is 2.62. The van der Waals surface area contributed by atoms with Crippen molar-refractivity contribution in [3.8, 4) is 0 Å². The summed E-state index contributed by atoms with van der Waals surface area (Å²) in [5.41, 5.74) is 2.96. The Morgan fingerprint density at radius 2 is 1.50 bits per heavy atom. The zero-order chi connectivity index (χ0) is 19.3. The predicted molar refractivity (Wildman–Crippen MR) is 107 cm³/mol. The van der Waals surface area contributed by atoms with E-state index in [0.29, 0.717) is 13.1 Å². The van der Waals surface area contributed by atoms with Crippen molar-refractivity contribution < 1.29 is 13.9 Å². The van der Waals surface area contributed by atoms with Crippen LogP contribution in [0.4, 0.5) is 10.1 Å². The Bertz CT molecular complexity index is 780. The highest BCUT2D eigenvalue weighted by Crippen LogP contribution is 2.18. The summed E-state index contributed by atoms with van der Waals surface area (Å²) in [6, 6.07) is 14.5. The summed E-state index contributed by atoms with van der Waals surface area (Å²) in [6.45, 7) is 7.25. The minimum absolute atomic E-state index is 0.0803. The average molecular weight is 383 g/mol. The highest BCUT2D eigenvalue weighted by Gasteiger charge is 2.22. The quantitative estimate of drug-likeness (QED) is 0.813. The maximum Gasteiger partial charge on any atom is 0.253 e. The van der Waals surface area contributed by atoms with Crippen LogP contribution >= 0.6 is 0 Å². The maximum absolute atomic E-state index is 13.1. The van der Waals surface area contributed by atoms with E-state index in [0.717, 1.165) is 57.2 Å². The highest BCUT2D eigenvalue weighted by molar-refractivity contribution is 5.94. The Labute approximate surface area is 165 Å². The number of benzene rings is 2. The Balaban J connectivity index is 1.31. The Kier molecular flexibility index (Phi) is 5.88. The first-order valence-corrected chi connectivity index (χ1v) is 9.88. The number of hydrogen-bond acceptors (Lipinski definition) is 4. The summed E-state index contributed by atoms with van der Waals surface area (Å²) in [5.74, 6) is -0.147. The van der Waals surface area contributed by atoms with Gasteiger partial charge in [0.05, 0.1) is 13.2 Å². The van der Waals surface area contributed by atoms with Gasteiger partial charge in [0.25, 0.3) is 5.91 Å². The lowest BCUT2D eigenvalue weighted by atomic mass is 10.1. The molecule has 148 valence electrons. The molecule has 0 N–H and O–H groups in total. The van der Waals surface area contributed by atoms with Gasteiger partial charge in [-0.3, -0.25) is 9.69 Å². The second-order valence-corrected chi connectivity index (χ2v) is 7.34. The number of nitrogens with zero attached hydrogens (tertiary/aromatic N) is 3. The van der Waals surface area contributed by atoms with Crippen molar-refractivity contribution in [2.24, 2.45) is 0 Å². The number of piperazine rings is 1. The van der Waals surface area contributed by atoms with Gasteiger partial charge < -0.3 is 14.5 Å². The molecular weight excluding hydrogens is 357 g/mol. The van der Waals surface area contributed by atoms with E-state index in [1.807, 2.05) is 17.0 Å². The molecule has 2 heterocycles. The molecule has 2 aromatic carbocycles. The van der Waals surface area contributed by atoms with E-state index >= 15 is 0 Å². The smallest absolute Gasteiger partial charge is 0.253 e. The van der Waals surface area contributed by atoms with Crippen molar-refractivity contribution >= 4 is 11.6 Å². The van der Waals surface area contributed by atoms with Crippen LogP contribution in [0.3, 0.4) is 0 Å². The first-order chi connectivity index (χ1) is 13.7. The van der Waals surface area contributed by atoms with E-state index in [1.165, 1.54) is 17.7 Å². The molecule has 0 spiro atoms. The number of hydrogen-bond donors (Lipinski definition) is 0. The van der Waals surface area contributed by atoms with E-state index in [4.69, 9.17) is 4.74 Å². The summed E-state index contributed by atoms with van der Waals surface area (Å²) in [4.78, 5) is 19.3. The van der Waals surface area contributed by atoms with Gasteiger partial charge in [0.15, 0.2) is 0 Å². The molecule has 0 saturated carbocycles. The van der Waals surface area contributed by atoms with Crippen molar-refractivity contribution in [3.63, 3.8) is 0 Å². The molecule has 5 nitrogen and oxygen atoms in total. The lowest BCUT2D eigenvalue weighted by Gasteiger charge is -2.36. The second-order valence-electron chi connectivity index (χ2n) is 7.34. The Morgan fingerprint density at radius 3 is 2.14 bits per heavy atom. The van der Waals surface area contributed by atoms with Gasteiger partial charge in [0, 0.05) is 57.1 Å². The van der Waals surface area contributed by atoms with Crippen LogP contribution in [0.2, 0.25) is 0 Å². The molecule has 28 heavy (non-hydrogen) atoms. The first kappa shape index (κ1) is 18.9. The van der Waals surface area contributed by atoms with E-state index in [-0.39, 0.29) is 11.7 Å². The molecular formula is C22H26FN3O2. The Morgan fingerprint density at radius 1 is 0.857 bits per heavy atom. The summed E-state index contributed by atoms with van der Waals surface area (Å²) in [6.07, 6.45) is 0. The van der Waals surface area contributed by atoms with E-state index < -0.39 is 0 Å². The number of halogens is 1. The molecule has 4 rings (SSSR count). The van der Waals surface area contributed by atoms with Crippen LogP contribution in [0.1, 0.15) is 15.9 Å². The minimum atomic E-state index is -0.227. The van der Waals surface area contributed by atoms with E-state index in [9.17, 15) is 9.18 Å². The summed E-state index contributed by atoms with van der Waals surface area (Å²) in [7, 11) is 0. The molecule has 2 aliphatic rings. The van der Waals surface area contributed by atoms with Crippen molar-refractivity contribution in [2.45, 2.75) is 6.54 Å². The molecule has 6 heteroatoms. The van der Waals surface area contributed by atoms with Crippen LogP contribution < -0.4 is 4.90 Å². The summed E-state index contributed by atoms with van der Waals surface area (Å²) < 4.78 is 18.5. The van der Waals surface area contributed by atoms with Crippen molar-refractivity contribution in [2.75, 3.05) is 57.4 Å². The van der Waals surface area contributed by atoms with E-state index in [1.54, 1.807) is 12.1 Å². The molecule has 2 aliphatic heterocycles. The first-order valence-electron chi connectivity index (χ1n) is 9.88. The molecule has 0 aromatic heterocycles. The number of morpholine rings is 1. The molecule has 0 bridgehead atoms. The van der Waals surface area contributed by atoms with Crippen molar-refractivity contribution in [3.05, 3.63) is 65.5 Å². The van der Waals surface area contributed by atoms with Gasteiger partial charge in [-0.25, -0.2) is 4.39 Å². The number of carbonyl (C=O) groups excluding carboxylic acids is 1. The molecule has 0 atom stereocenters. The third kappa shape index (κ3) is 4.51. The number of ether oxygens (including phenoxy) is 1. The van der Waals surface area contributed by atoms with Crippen LogP contribution in [0.15, 0.2) is 48.5 Å². The van der Waals surface area contributed by atoms with Gasteiger partial charge in [0.2, 0.25) is 0 Å². The number of anilines is 1. The second kappa shape index (κ2) is 8.71. The third-order valence-electron chi connectivity index (χ3n) is 5.47. The molecule has 1 amide bonds. The van der Waals surface area contributed by atoms with Crippen molar-refractivity contribution in [1.82, 2.24) is 9.80 Å². The van der Waals surface area contributed by atoms with Gasteiger partial charge in [-0.2, -0.15) is 0 Å². The van der Waals surface area contributed by atoms with Gasteiger partial charge in [-0.05, 0) is 42.0 Å². The normalized spacial score (nSPS) is 18.3. The topological polar surface area (TPSA) is 36.0 Å². The molecule has 2 fully saturated rings. The van der Waals surface area contributed by atoms with Gasteiger partial charge in [-0.15, -0.1) is 0 Å². The fourth-order valence-electron chi connectivity index (χ4n) is 3.77. The molecule has 2 saturated heterocycles. The Hall–Kier alpha value is -2.44. The fourth-order valence-corrected chi connectivity index (χ4v) is 3.77. The molecule has 0 unspecified atom stereocenters. The van der Waals surface area contributed by atoms with Crippen LogP contribution in [0, 0.1) is 5.82 Å². The van der Waals surface area contributed by atoms with Crippen LogP contribution in [0.25, 0.3) is 0 Å². The van der Waals surface area contributed by atoms with Crippen LogP contribution in [-0.2, 0) is 11.3 Å². The lowest BCUT2D eigenvalue weighted by molar-refractivity contribution is 0.0342. The number of amides is 1. The standard InChI is InChI=1S/C22H26FN3O2/c23-20-5-7-21(8-6-20)25-9-11-26(12-10-25)22(27)19-3-1-18(2-4-19)17-24-13-15-28-16-14-24/h1-8H,9-17H2. The average Bonchev–Trinajstić information content (AvgIpc) is 2.75. The summed E-state index contributed by atoms with van der Waals surface area (Å²) >= 11 is 0. The zero-order valence-corrected chi connectivity index (χ0v) is 16.0. The number of rotatable bonds is 4. The highest BCUT2D eigenvalue weighted by atomic mass is 19.1. The monoisotopic (exact) mass is 383 g/mol. The van der Waals surface area contributed by atoms with Gasteiger partial charge in [0.1, 0.15) is 5.82 Å². The minimum Gasteiger partial charge on any atom is -0.379 e. The largest absolute Gasteiger partial charge is 0.379 e.